The Balaban J connectivity index is 2.18. The summed E-state index contributed by atoms with van der Waals surface area (Å²) in [5.41, 5.74) is 6.36. The molecule has 1 aliphatic heterocycles. The summed E-state index contributed by atoms with van der Waals surface area (Å²) in [5, 5.41) is 0. The van der Waals surface area contributed by atoms with Crippen LogP contribution in [0.1, 0.15) is 63.3 Å². The van der Waals surface area contributed by atoms with Crippen molar-refractivity contribution >= 4 is 11.3 Å². The van der Waals surface area contributed by atoms with Crippen molar-refractivity contribution in [2.75, 3.05) is 13.1 Å². The largest absolute Gasteiger partial charge is 0.329 e. The van der Waals surface area contributed by atoms with E-state index in [1.807, 2.05) is 11.3 Å². The molecule has 2 heterocycles. The number of hydrogen-bond donors (Lipinski definition) is 1. The Bertz CT molecular complexity index is 432. The molecule has 0 aromatic carbocycles. The van der Waals surface area contributed by atoms with E-state index >= 15 is 0 Å². The number of piperidine rings is 1. The smallest absolute Gasteiger partial charge is 0.0566 e. The molecule has 0 bridgehead atoms. The molecule has 0 aliphatic carbocycles. The molecule has 0 spiro atoms. The van der Waals surface area contributed by atoms with Crippen LogP contribution in [0.5, 0.6) is 0 Å². The van der Waals surface area contributed by atoms with E-state index in [1.165, 1.54) is 29.1 Å². The third-order valence-corrected chi connectivity index (χ3v) is 6.12. The van der Waals surface area contributed by atoms with Crippen molar-refractivity contribution in [1.29, 1.82) is 0 Å². The monoisotopic (exact) mass is 294 g/mol. The summed E-state index contributed by atoms with van der Waals surface area (Å²) >= 11 is 1.95. The Morgan fingerprint density at radius 1 is 1.35 bits per heavy atom. The first-order valence-electron chi connectivity index (χ1n) is 7.89. The quantitative estimate of drug-likeness (QED) is 0.906. The molecule has 1 saturated heterocycles. The molecule has 3 heteroatoms. The lowest BCUT2D eigenvalue weighted by Crippen LogP contribution is -2.44. The molecule has 3 atom stereocenters. The molecule has 1 aromatic rings. The van der Waals surface area contributed by atoms with Crippen LogP contribution in [0.25, 0.3) is 0 Å². The Morgan fingerprint density at radius 2 is 2.05 bits per heavy atom. The Labute approximate surface area is 128 Å². The van der Waals surface area contributed by atoms with Crippen molar-refractivity contribution < 1.29 is 0 Å². The maximum atomic E-state index is 6.12. The van der Waals surface area contributed by atoms with Gasteiger partial charge in [0.15, 0.2) is 0 Å². The average Bonchev–Trinajstić information content (AvgIpc) is 2.82. The molecule has 3 unspecified atom stereocenters. The van der Waals surface area contributed by atoms with Crippen molar-refractivity contribution in [2.24, 2.45) is 11.7 Å². The highest BCUT2D eigenvalue weighted by Crippen LogP contribution is 2.36. The fraction of sp³-hybridized carbons (Fsp3) is 0.765. The summed E-state index contributed by atoms with van der Waals surface area (Å²) in [6.07, 6.45) is 2.60. The second-order valence-electron chi connectivity index (χ2n) is 7.42. The number of hydrogen-bond acceptors (Lipinski definition) is 3. The number of likely N-dealkylation sites (tertiary alicyclic amines) is 1. The lowest BCUT2D eigenvalue weighted by molar-refractivity contribution is 0.0863. The van der Waals surface area contributed by atoms with Crippen LogP contribution in [0, 0.1) is 5.92 Å². The normalized spacial score (nSPS) is 26.7. The topological polar surface area (TPSA) is 29.3 Å². The molecular weight excluding hydrogens is 264 g/mol. The number of thiophene rings is 1. The zero-order valence-corrected chi connectivity index (χ0v) is 14.5. The highest BCUT2D eigenvalue weighted by Gasteiger charge is 2.30. The van der Waals surface area contributed by atoms with Gasteiger partial charge in [-0.05, 0) is 49.8 Å². The van der Waals surface area contributed by atoms with Crippen molar-refractivity contribution in [2.45, 2.75) is 65.0 Å². The van der Waals surface area contributed by atoms with Gasteiger partial charge in [-0.15, -0.1) is 11.3 Å². The first-order valence-corrected chi connectivity index (χ1v) is 8.70. The molecule has 2 N–H and O–H groups in total. The molecule has 2 nitrogen and oxygen atoms in total. The minimum atomic E-state index is 0.240. The van der Waals surface area contributed by atoms with E-state index in [-0.39, 0.29) is 5.41 Å². The molecule has 114 valence electrons. The van der Waals surface area contributed by atoms with Gasteiger partial charge in [-0.25, -0.2) is 0 Å². The first-order chi connectivity index (χ1) is 9.32. The first kappa shape index (κ1) is 16.0. The van der Waals surface area contributed by atoms with Crippen LogP contribution in [-0.2, 0) is 5.41 Å². The van der Waals surface area contributed by atoms with Crippen LogP contribution in [0.3, 0.4) is 0 Å². The third kappa shape index (κ3) is 3.44. The predicted octanol–water partition coefficient (Wildman–Crippen LogP) is 4.17. The fourth-order valence-electron chi connectivity index (χ4n) is 3.24. The second-order valence-corrected chi connectivity index (χ2v) is 8.54. The van der Waals surface area contributed by atoms with Crippen molar-refractivity contribution in [3.05, 3.63) is 21.9 Å². The van der Waals surface area contributed by atoms with Gasteiger partial charge >= 0.3 is 0 Å². The van der Waals surface area contributed by atoms with Gasteiger partial charge in [0.2, 0.25) is 0 Å². The van der Waals surface area contributed by atoms with Gasteiger partial charge in [-0.1, -0.05) is 27.7 Å². The van der Waals surface area contributed by atoms with Crippen molar-refractivity contribution in [1.82, 2.24) is 4.90 Å². The molecule has 1 fully saturated rings. The van der Waals surface area contributed by atoms with Gasteiger partial charge in [-0.2, -0.15) is 0 Å². The Hall–Kier alpha value is -0.380. The van der Waals surface area contributed by atoms with Crippen LogP contribution < -0.4 is 5.73 Å². The van der Waals surface area contributed by atoms with Gasteiger partial charge in [0, 0.05) is 22.3 Å². The zero-order valence-electron chi connectivity index (χ0n) is 13.6. The van der Waals surface area contributed by atoms with Gasteiger partial charge in [0.25, 0.3) is 0 Å². The summed E-state index contributed by atoms with van der Waals surface area (Å²) in [6, 6.07) is 5.64. The minimum absolute atomic E-state index is 0.240. The van der Waals surface area contributed by atoms with E-state index in [1.54, 1.807) is 0 Å². The highest BCUT2D eigenvalue weighted by molar-refractivity contribution is 7.12. The van der Waals surface area contributed by atoms with Crippen LogP contribution in [0.15, 0.2) is 12.1 Å². The lowest BCUT2D eigenvalue weighted by Gasteiger charge is -2.41. The molecular formula is C17H30N2S. The maximum Gasteiger partial charge on any atom is 0.0566 e. The minimum Gasteiger partial charge on any atom is -0.329 e. The molecule has 20 heavy (non-hydrogen) atoms. The predicted molar refractivity (Wildman–Crippen MR) is 89.4 cm³/mol. The number of rotatable bonds is 3. The molecule has 1 aliphatic rings. The van der Waals surface area contributed by atoms with Gasteiger partial charge in [0.1, 0.15) is 0 Å². The highest BCUT2D eigenvalue weighted by atomic mass is 32.1. The molecule has 2 rings (SSSR count). The molecule has 0 amide bonds. The number of nitrogens with two attached hydrogens (primary N) is 1. The van der Waals surface area contributed by atoms with E-state index in [4.69, 9.17) is 5.73 Å². The summed E-state index contributed by atoms with van der Waals surface area (Å²) in [4.78, 5) is 5.53. The standard InChI is InChI=1S/C17H30N2S/c1-12-8-9-19(13(2)10-12)14(11-18)15-6-7-16(20-15)17(3,4)5/h6-7,12-14H,8-11,18H2,1-5H3. The maximum absolute atomic E-state index is 6.12. The molecule has 0 radical (unpaired) electrons. The van der Waals surface area contributed by atoms with E-state index < -0.39 is 0 Å². The second kappa shape index (κ2) is 6.17. The fourth-order valence-corrected chi connectivity index (χ4v) is 4.44. The van der Waals surface area contributed by atoms with E-state index in [0.717, 1.165) is 12.5 Å². The van der Waals surface area contributed by atoms with E-state index in [9.17, 15) is 0 Å². The third-order valence-electron chi connectivity index (χ3n) is 4.51. The summed E-state index contributed by atoms with van der Waals surface area (Å²) in [6.45, 7) is 13.5. The zero-order chi connectivity index (χ0) is 14.9. The van der Waals surface area contributed by atoms with Gasteiger partial charge < -0.3 is 5.73 Å². The van der Waals surface area contributed by atoms with Gasteiger partial charge in [0.05, 0.1) is 6.04 Å². The van der Waals surface area contributed by atoms with E-state index in [0.29, 0.717) is 12.1 Å². The van der Waals surface area contributed by atoms with Crippen LogP contribution in [0.4, 0.5) is 0 Å². The SMILES string of the molecule is CC1CCN(C(CN)c2ccc(C(C)(C)C)s2)C(C)C1. The van der Waals surface area contributed by atoms with Crippen LogP contribution in [-0.4, -0.2) is 24.0 Å². The molecule has 0 saturated carbocycles. The Morgan fingerprint density at radius 3 is 2.55 bits per heavy atom. The summed E-state index contributed by atoms with van der Waals surface area (Å²) in [5.74, 6) is 0.855. The van der Waals surface area contributed by atoms with Gasteiger partial charge in [-0.3, -0.25) is 4.90 Å². The van der Waals surface area contributed by atoms with E-state index in [2.05, 4.69) is 51.7 Å². The van der Waals surface area contributed by atoms with Crippen molar-refractivity contribution in [3.63, 3.8) is 0 Å². The average molecular weight is 295 g/mol. The summed E-state index contributed by atoms with van der Waals surface area (Å²) < 4.78 is 0. The lowest BCUT2D eigenvalue weighted by atomic mass is 9.91. The summed E-state index contributed by atoms with van der Waals surface area (Å²) in [7, 11) is 0. The molecule has 1 aromatic heterocycles. The Kier molecular flexibility index (Phi) is 4.93. The number of nitrogens with zero attached hydrogens (tertiary/aromatic N) is 1. The van der Waals surface area contributed by atoms with Crippen LogP contribution >= 0.6 is 11.3 Å². The van der Waals surface area contributed by atoms with Crippen molar-refractivity contribution in [3.8, 4) is 0 Å². The van der Waals surface area contributed by atoms with Crippen LogP contribution in [0.2, 0.25) is 0 Å².